The number of hydrogen-bond donors (Lipinski definition) is 1. The van der Waals surface area contributed by atoms with E-state index in [0.717, 1.165) is 28.9 Å². The van der Waals surface area contributed by atoms with Crippen molar-refractivity contribution in [3.63, 3.8) is 0 Å². The molecule has 3 aromatic carbocycles. The summed E-state index contributed by atoms with van der Waals surface area (Å²) < 4.78 is 0. The van der Waals surface area contributed by atoms with E-state index in [2.05, 4.69) is 66.0 Å². The molecule has 0 spiro atoms. The second-order valence-electron chi connectivity index (χ2n) is 7.09. The molecule has 0 bridgehead atoms. The number of fused-ring (bicyclic) bond motifs is 2. The summed E-state index contributed by atoms with van der Waals surface area (Å²) in [6.07, 6.45) is 3.34. The SMILES string of the molecule is O=C1C=C(c2ccc3c(c2)Nc2ccccc2S3)CC(c2ccccc2)C1. The van der Waals surface area contributed by atoms with Crippen molar-refractivity contribution in [3.8, 4) is 0 Å². The third kappa shape index (κ3) is 3.19. The Balaban J connectivity index is 1.46. The maximum absolute atomic E-state index is 12.4. The zero-order valence-corrected chi connectivity index (χ0v) is 15.6. The summed E-state index contributed by atoms with van der Waals surface area (Å²) in [5.74, 6) is 0.480. The number of para-hydroxylation sites is 1. The molecular formula is C24H19NOS. The van der Waals surface area contributed by atoms with Crippen LogP contribution in [-0.4, -0.2) is 5.78 Å². The minimum absolute atomic E-state index is 0.218. The van der Waals surface area contributed by atoms with E-state index in [9.17, 15) is 4.79 Å². The van der Waals surface area contributed by atoms with Gasteiger partial charge in [-0.2, -0.15) is 0 Å². The number of carbonyl (C=O) groups excluding carboxylic acids is 1. The van der Waals surface area contributed by atoms with Crippen LogP contribution in [-0.2, 0) is 4.79 Å². The quantitative estimate of drug-likeness (QED) is 0.442. The molecule has 0 fully saturated rings. The first-order valence-electron chi connectivity index (χ1n) is 9.23. The lowest BCUT2D eigenvalue weighted by Crippen LogP contribution is -2.12. The highest BCUT2D eigenvalue weighted by atomic mass is 32.2. The van der Waals surface area contributed by atoms with Crippen LogP contribution in [0, 0.1) is 0 Å². The Morgan fingerprint density at radius 1 is 0.815 bits per heavy atom. The second kappa shape index (κ2) is 6.75. The topological polar surface area (TPSA) is 29.1 Å². The Morgan fingerprint density at radius 2 is 1.59 bits per heavy atom. The van der Waals surface area contributed by atoms with E-state index in [4.69, 9.17) is 0 Å². The highest BCUT2D eigenvalue weighted by molar-refractivity contribution is 7.99. The van der Waals surface area contributed by atoms with E-state index in [1.54, 1.807) is 11.8 Å². The second-order valence-corrected chi connectivity index (χ2v) is 8.17. The minimum atomic E-state index is 0.218. The fourth-order valence-electron chi connectivity index (χ4n) is 3.89. The summed E-state index contributed by atoms with van der Waals surface area (Å²) in [5.41, 5.74) is 5.77. The first-order chi connectivity index (χ1) is 13.3. The molecule has 1 heterocycles. The Hall–Kier alpha value is -2.78. The molecule has 27 heavy (non-hydrogen) atoms. The maximum atomic E-state index is 12.4. The largest absolute Gasteiger partial charge is 0.354 e. The first-order valence-corrected chi connectivity index (χ1v) is 10.0. The highest BCUT2D eigenvalue weighted by Crippen LogP contribution is 2.45. The van der Waals surface area contributed by atoms with Crippen LogP contribution in [0.1, 0.15) is 29.9 Å². The number of nitrogens with one attached hydrogen (secondary N) is 1. The third-order valence-electron chi connectivity index (χ3n) is 5.25. The van der Waals surface area contributed by atoms with Gasteiger partial charge < -0.3 is 5.32 Å². The summed E-state index contributed by atoms with van der Waals surface area (Å²) in [6.45, 7) is 0. The van der Waals surface area contributed by atoms with Crippen LogP contribution in [0.4, 0.5) is 11.4 Å². The lowest BCUT2D eigenvalue weighted by atomic mass is 9.81. The molecule has 0 radical (unpaired) electrons. The van der Waals surface area contributed by atoms with Crippen molar-refractivity contribution in [2.75, 3.05) is 5.32 Å². The van der Waals surface area contributed by atoms with Crippen LogP contribution >= 0.6 is 11.8 Å². The molecule has 2 nitrogen and oxygen atoms in total. The average molecular weight is 369 g/mol. The summed E-state index contributed by atoms with van der Waals surface area (Å²) in [5, 5.41) is 3.54. The van der Waals surface area contributed by atoms with Gasteiger partial charge in [0.05, 0.1) is 11.4 Å². The zero-order chi connectivity index (χ0) is 18.2. The van der Waals surface area contributed by atoms with Crippen molar-refractivity contribution in [1.29, 1.82) is 0 Å². The van der Waals surface area contributed by atoms with Gasteiger partial charge in [0.1, 0.15) is 0 Å². The Labute approximate surface area is 163 Å². The molecule has 0 aromatic heterocycles. The Kier molecular flexibility index (Phi) is 4.10. The molecular weight excluding hydrogens is 350 g/mol. The van der Waals surface area contributed by atoms with E-state index in [0.29, 0.717) is 6.42 Å². The maximum Gasteiger partial charge on any atom is 0.156 e. The van der Waals surface area contributed by atoms with Gasteiger partial charge in [0.15, 0.2) is 5.78 Å². The number of ketones is 1. The summed E-state index contributed by atoms with van der Waals surface area (Å²) in [6, 6.07) is 25.2. The average Bonchev–Trinajstić information content (AvgIpc) is 2.72. The predicted molar refractivity (Wildman–Crippen MR) is 112 cm³/mol. The van der Waals surface area contributed by atoms with Crippen LogP contribution < -0.4 is 5.32 Å². The summed E-state index contributed by atoms with van der Waals surface area (Å²) >= 11 is 1.79. The lowest BCUT2D eigenvalue weighted by Gasteiger charge is -2.25. The van der Waals surface area contributed by atoms with Gasteiger partial charge in [0.25, 0.3) is 0 Å². The van der Waals surface area contributed by atoms with Crippen molar-refractivity contribution in [2.45, 2.75) is 28.6 Å². The fourth-order valence-corrected chi connectivity index (χ4v) is 4.86. The van der Waals surface area contributed by atoms with E-state index in [1.807, 2.05) is 18.2 Å². The van der Waals surface area contributed by atoms with Crippen LogP contribution in [0.3, 0.4) is 0 Å². The van der Waals surface area contributed by atoms with Gasteiger partial charge in [0, 0.05) is 16.2 Å². The summed E-state index contributed by atoms with van der Waals surface area (Å²) in [7, 11) is 0. The Morgan fingerprint density at radius 3 is 2.48 bits per heavy atom. The predicted octanol–water partition coefficient (Wildman–Crippen LogP) is 6.42. The van der Waals surface area contributed by atoms with Crippen LogP contribution in [0.5, 0.6) is 0 Å². The zero-order valence-electron chi connectivity index (χ0n) is 14.8. The van der Waals surface area contributed by atoms with E-state index < -0.39 is 0 Å². The van der Waals surface area contributed by atoms with Gasteiger partial charge in [-0.1, -0.05) is 60.3 Å². The number of rotatable bonds is 2. The van der Waals surface area contributed by atoms with Gasteiger partial charge in [-0.3, -0.25) is 4.79 Å². The third-order valence-corrected chi connectivity index (χ3v) is 6.40. The number of hydrogen-bond acceptors (Lipinski definition) is 3. The van der Waals surface area contributed by atoms with E-state index >= 15 is 0 Å². The molecule has 132 valence electrons. The molecule has 0 saturated heterocycles. The van der Waals surface area contributed by atoms with Gasteiger partial charge in [-0.25, -0.2) is 0 Å². The molecule has 0 amide bonds. The smallest absolute Gasteiger partial charge is 0.156 e. The first kappa shape index (κ1) is 16.4. The molecule has 0 saturated carbocycles. The van der Waals surface area contributed by atoms with Crippen molar-refractivity contribution in [3.05, 3.63) is 90.0 Å². The monoisotopic (exact) mass is 369 g/mol. The molecule has 2 aliphatic rings. The van der Waals surface area contributed by atoms with Gasteiger partial charge in [-0.05, 0) is 59.4 Å². The molecule has 1 unspecified atom stereocenters. The van der Waals surface area contributed by atoms with Gasteiger partial charge in [0.2, 0.25) is 0 Å². The van der Waals surface area contributed by atoms with Gasteiger partial charge in [-0.15, -0.1) is 0 Å². The van der Waals surface area contributed by atoms with E-state index in [-0.39, 0.29) is 11.7 Å². The van der Waals surface area contributed by atoms with Gasteiger partial charge >= 0.3 is 0 Å². The van der Waals surface area contributed by atoms with Crippen molar-refractivity contribution < 1.29 is 4.79 Å². The van der Waals surface area contributed by atoms with Crippen molar-refractivity contribution >= 4 is 34.5 Å². The molecule has 3 aromatic rings. The lowest BCUT2D eigenvalue weighted by molar-refractivity contribution is -0.115. The molecule has 1 N–H and O–H groups in total. The normalized spacial score (nSPS) is 18.1. The van der Waals surface area contributed by atoms with Crippen molar-refractivity contribution in [1.82, 2.24) is 0 Å². The van der Waals surface area contributed by atoms with E-state index in [1.165, 1.54) is 15.4 Å². The fraction of sp³-hybridized carbons (Fsp3) is 0.125. The van der Waals surface area contributed by atoms with Crippen molar-refractivity contribution in [2.24, 2.45) is 0 Å². The molecule has 5 rings (SSSR count). The number of carbonyl (C=O) groups is 1. The standard InChI is InChI=1S/C24H19NOS/c26-20-13-18(16-6-2-1-3-7-16)12-19(14-20)17-10-11-24-22(15-17)25-21-8-4-5-9-23(21)27-24/h1-11,14-15,18,25H,12-13H2. The van der Waals surface area contributed by atoms with Crippen LogP contribution in [0.2, 0.25) is 0 Å². The Bertz CT molecular complexity index is 1050. The minimum Gasteiger partial charge on any atom is -0.354 e. The number of anilines is 2. The molecule has 1 atom stereocenters. The molecule has 1 aliphatic heterocycles. The molecule has 1 aliphatic carbocycles. The summed E-state index contributed by atoms with van der Waals surface area (Å²) in [4.78, 5) is 14.9. The number of allylic oxidation sites excluding steroid dienone is 2. The molecule has 3 heteroatoms. The van der Waals surface area contributed by atoms with Crippen LogP contribution in [0.25, 0.3) is 5.57 Å². The number of benzene rings is 3. The van der Waals surface area contributed by atoms with Crippen LogP contribution in [0.15, 0.2) is 88.7 Å². The highest BCUT2D eigenvalue weighted by Gasteiger charge is 2.24.